The van der Waals surface area contributed by atoms with Gasteiger partial charge in [-0.1, -0.05) is 24.3 Å². The molecule has 0 aliphatic carbocycles. The van der Waals surface area contributed by atoms with Crippen LogP contribution in [0.2, 0.25) is 0 Å². The quantitative estimate of drug-likeness (QED) is 0.417. The molecule has 0 saturated carbocycles. The molecular formula is C27H29N3O4S. The van der Waals surface area contributed by atoms with Crippen molar-refractivity contribution in [1.82, 2.24) is 14.2 Å². The first-order chi connectivity index (χ1) is 16.8. The van der Waals surface area contributed by atoms with Crippen LogP contribution in [0.15, 0.2) is 54.6 Å². The third-order valence-electron chi connectivity index (χ3n) is 6.49. The van der Waals surface area contributed by atoms with Gasteiger partial charge in [0.25, 0.3) is 11.8 Å². The minimum atomic E-state index is -1.51. The largest absolute Gasteiger partial charge is 0.593 e. The van der Waals surface area contributed by atoms with Crippen LogP contribution in [-0.4, -0.2) is 51.5 Å². The Kier molecular flexibility index (Phi) is 7.42. The third-order valence-corrected chi connectivity index (χ3v) is 6.96. The second-order valence-electron chi connectivity index (χ2n) is 8.94. The van der Waals surface area contributed by atoms with Crippen LogP contribution in [0.1, 0.15) is 66.8 Å². The molecule has 2 heterocycles. The summed E-state index contributed by atoms with van der Waals surface area (Å²) < 4.78 is 16.0. The average molecular weight is 492 g/mol. The normalized spacial score (nSPS) is 16.6. The summed E-state index contributed by atoms with van der Waals surface area (Å²) in [7, 11) is 0. The van der Waals surface area contributed by atoms with Crippen molar-refractivity contribution < 1.29 is 18.9 Å². The van der Waals surface area contributed by atoms with E-state index in [-0.39, 0.29) is 11.8 Å². The number of aromatic nitrogens is 1. The second kappa shape index (κ2) is 10.5. The Hall–Kier alpha value is -3.36. The lowest BCUT2D eigenvalue weighted by Crippen LogP contribution is -2.39. The number of carbonyl (C=O) groups is 3. The molecule has 0 bridgehead atoms. The maximum Gasteiger partial charge on any atom is 0.294 e. The van der Waals surface area contributed by atoms with Gasteiger partial charge in [-0.25, -0.2) is 0 Å². The summed E-state index contributed by atoms with van der Waals surface area (Å²) in [5, 5.41) is 0. The molecule has 2 atom stereocenters. The zero-order valence-electron chi connectivity index (χ0n) is 20.1. The molecule has 4 rings (SSSR count). The molecule has 1 aliphatic rings. The van der Waals surface area contributed by atoms with Gasteiger partial charge in [-0.2, -0.15) is 4.72 Å². The number of benzene rings is 2. The van der Waals surface area contributed by atoms with E-state index in [1.165, 1.54) is 6.26 Å². The van der Waals surface area contributed by atoms with Crippen LogP contribution in [0.5, 0.6) is 0 Å². The molecule has 8 heteroatoms. The van der Waals surface area contributed by atoms with Crippen LogP contribution in [0.3, 0.4) is 0 Å². The molecule has 1 aromatic heterocycles. The van der Waals surface area contributed by atoms with Crippen molar-refractivity contribution in [2.75, 3.05) is 19.3 Å². The molecular weight excluding hydrogens is 462 g/mol. The number of nitrogens with one attached hydrogen (secondary N) is 1. The number of amides is 2. The van der Waals surface area contributed by atoms with Crippen molar-refractivity contribution in [3.8, 4) is 5.69 Å². The Morgan fingerprint density at radius 2 is 1.74 bits per heavy atom. The molecule has 3 aromatic rings. The molecule has 0 radical (unpaired) electrons. The monoisotopic (exact) mass is 491 g/mol. The Labute approximate surface area is 208 Å². The molecule has 7 nitrogen and oxygen atoms in total. The highest BCUT2D eigenvalue weighted by Crippen LogP contribution is 2.29. The maximum atomic E-state index is 13.5. The Morgan fingerprint density at radius 1 is 1.06 bits per heavy atom. The summed E-state index contributed by atoms with van der Waals surface area (Å²) >= 11 is -1.51. The summed E-state index contributed by atoms with van der Waals surface area (Å²) in [4.78, 5) is 39.2. The second-order valence-corrected chi connectivity index (χ2v) is 10.1. The van der Waals surface area contributed by atoms with Gasteiger partial charge in [-0.3, -0.25) is 14.4 Å². The molecule has 1 fully saturated rings. The molecule has 1 saturated heterocycles. The zero-order valence-corrected chi connectivity index (χ0v) is 20.9. The summed E-state index contributed by atoms with van der Waals surface area (Å²) in [6.45, 7) is 5.13. The van der Waals surface area contributed by atoms with Crippen molar-refractivity contribution in [1.29, 1.82) is 0 Å². The third kappa shape index (κ3) is 5.33. The standard InChI is InChI=1S/C27H29N3O4S/c1-18-6-7-19(2)30(18)25-15-22(12-13-24(25)26(32)28-35(3)34)27(33)29-14-4-5-23(16-29)21-10-8-20(17-31)9-11-21/h6-13,15,17,23H,4-5,14,16H2,1-3H3,(H,28,32). The van der Waals surface area contributed by atoms with Crippen LogP contribution in [-0.2, 0) is 11.4 Å². The number of hydrogen-bond donors (Lipinski definition) is 1. The van der Waals surface area contributed by atoms with Crippen LogP contribution in [0.4, 0.5) is 0 Å². The van der Waals surface area contributed by atoms with E-state index in [0.29, 0.717) is 35.5 Å². The topological polar surface area (TPSA) is 94.5 Å². The predicted octanol–water partition coefficient (Wildman–Crippen LogP) is 3.95. The fourth-order valence-electron chi connectivity index (χ4n) is 4.74. The van der Waals surface area contributed by atoms with Gasteiger partial charge in [0.2, 0.25) is 0 Å². The Morgan fingerprint density at radius 3 is 2.37 bits per heavy atom. The van der Waals surface area contributed by atoms with Gasteiger partial charge < -0.3 is 14.0 Å². The average Bonchev–Trinajstić information content (AvgIpc) is 3.20. The van der Waals surface area contributed by atoms with Gasteiger partial charge >= 0.3 is 0 Å². The van der Waals surface area contributed by atoms with Crippen LogP contribution < -0.4 is 4.72 Å². The number of likely N-dealkylation sites (tertiary alicyclic amines) is 1. The number of piperidine rings is 1. The summed E-state index contributed by atoms with van der Waals surface area (Å²) in [6.07, 6.45) is 4.09. The van der Waals surface area contributed by atoms with Crippen LogP contribution >= 0.6 is 0 Å². The van der Waals surface area contributed by atoms with E-state index >= 15 is 0 Å². The molecule has 2 aromatic carbocycles. The molecule has 35 heavy (non-hydrogen) atoms. The molecule has 1 N–H and O–H groups in total. The first-order valence-electron chi connectivity index (χ1n) is 11.6. The van der Waals surface area contributed by atoms with Crippen LogP contribution in [0, 0.1) is 13.8 Å². The first-order valence-corrected chi connectivity index (χ1v) is 13.1. The van der Waals surface area contributed by atoms with Gasteiger partial charge in [-0.05, 0) is 62.6 Å². The van der Waals surface area contributed by atoms with Gasteiger partial charge in [-0.15, -0.1) is 0 Å². The number of rotatable bonds is 6. The SMILES string of the molecule is Cc1ccc(C)n1-c1cc(C(=O)N2CCCC(c3ccc(C=O)cc3)C2)ccc1C(=O)N[S+](C)[O-]. The molecule has 2 unspecified atom stereocenters. The maximum absolute atomic E-state index is 13.5. The lowest BCUT2D eigenvalue weighted by atomic mass is 9.90. The molecule has 182 valence electrons. The number of nitrogens with zero attached hydrogens (tertiary/aromatic N) is 2. The lowest BCUT2D eigenvalue weighted by molar-refractivity contribution is 0.0706. The van der Waals surface area contributed by atoms with Gasteiger partial charge in [0.05, 0.1) is 22.6 Å². The zero-order chi connectivity index (χ0) is 25.1. The first kappa shape index (κ1) is 24.8. The highest BCUT2D eigenvalue weighted by atomic mass is 32.2. The van der Waals surface area contributed by atoms with Gasteiger partial charge in [0, 0.05) is 41.5 Å². The van der Waals surface area contributed by atoms with Crippen molar-refractivity contribution in [2.24, 2.45) is 0 Å². The van der Waals surface area contributed by atoms with E-state index in [1.807, 2.05) is 59.7 Å². The Balaban J connectivity index is 1.64. The Bertz CT molecular complexity index is 1230. The van der Waals surface area contributed by atoms with E-state index in [9.17, 15) is 18.9 Å². The fraction of sp³-hybridized carbons (Fsp3) is 0.296. The van der Waals surface area contributed by atoms with E-state index in [2.05, 4.69) is 4.72 Å². The fourth-order valence-corrected chi connectivity index (χ4v) is 5.11. The summed E-state index contributed by atoms with van der Waals surface area (Å²) in [5.74, 6) is -0.343. The highest BCUT2D eigenvalue weighted by molar-refractivity contribution is 7.89. The minimum absolute atomic E-state index is 0.0889. The van der Waals surface area contributed by atoms with E-state index in [0.717, 1.165) is 36.1 Å². The number of aldehydes is 1. The van der Waals surface area contributed by atoms with E-state index in [4.69, 9.17) is 0 Å². The lowest BCUT2D eigenvalue weighted by Gasteiger charge is -2.33. The van der Waals surface area contributed by atoms with Crippen molar-refractivity contribution >= 4 is 29.5 Å². The number of carbonyl (C=O) groups excluding carboxylic acids is 3. The van der Waals surface area contributed by atoms with Crippen molar-refractivity contribution in [3.63, 3.8) is 0 Å². The van der Waals surface area contributed by atoms with Gasteiger partial charge in [0.1, 0.15) is 12.5 Å². The number of aryl methyl sites for hydroxylation is 2. The van der Waals surface area contributed by atoms with Gasteiger partial charge in [0.15, 0.2) is 0 Å². The van der Waals surface area contributed by atoms with E-state index < -0.39 is 17.3 Å². The number of hydrogen-bond acceptors (Lipinski definition) is 4. The highest BCUT2D eigenvalue weighted by Gasteiger charge is 2.27. The van der Waals surface area contributed by atoms with Crippen molar-refractivity contribution in [2.45, 2.75) is 32.6 Å². The molecule has 2 amide bonds. The molecule has 1 aliphatic heterocycles. The summed E-state index contributed by atoms with van der Waals surface area (Å²) in [6, 6.07) is 16.5. The van der Waals surface area contributed by atoms with Crippen LogP contribution in [0.25, 0.3) is 5.69 Å². The smallest absolute Gasteiger partial charge is 0.294 e. The predicted molar refractivity (Wildman–Crippen MR) is 136 cm³/mol. The van der Waals surface area contributed by atoms with E-state index in [1.54, 1.807) is 18.2 Å². The van der Waals surface area contributed by atoms with Crippen molar-refractivity contribution in [3.05, 3.63) is 88.2 Å². The molecule has 0 spiro atoms. The minimum Gasteiger partial charge on any atom is -0.593 e. The summed E-state index contributed by atoms with van der Waals surface area (Å²) in [5.41, 5.74) is 5.04.